The molecule has 2 N–H and O–H groups in total. The number of fused-ring (bicyclic) bond motifs is 2. The first-order valence-electron chi connectivity index (χ1n) is 9.29. The number of carbonyl (C=O) groups excluding carboxylic acids is 1. The maximum absolute atomic E-state index is 12.9. The predicted octanol–water partition coefficient (Wildman–Crippen LogP) is 4.19. The highest BCUT2D eigenvalue weighted by molar-refractivity contribution is 7.14. The molecule has 7 heteroatoms. The molecule has 27 heavy (non-hydrogen) atoms. The van der Waals surface area contributed by atoms with E-state index in [1.54, 1.807) is 11.3 Å². The van der Waals surface area contributed by atoms with E-state index in [4.69, 9.17) is 11.6 Å². The van der Waals surface area contributed by atoms with Gasteiger partial charge in [0.25, 0.3) is 5.91 Å². The van der Waals surface area contributed by atoms with Crippen molar-refractivity contribution >= 4 is 39.9 Å². The summed E-state index contributed by atoms with van der Waals surface area (Å²) < 4.78 is 0. The van der Waals surface area contributed by atoms with Crippen molar-refractivity contribution in [3.63, 3.8) is 0 Å². The molecule has 1 amide bonds. The highest BCUT2D eigenvalue weighted by atomic mass is 35.5. The van der Waals surface area contributed by atoms with Gasteiger partial charge < -0.3 is 15.2 Å². The first-order valence-corrected chi connectivity index (χ1v) is 10.5. The molecular weight excluding hydrogens is 380 g/mol. The average molecular weight is 403 g/mol. The minimum atomic E-state index is -0.156. The molecule has 1 aromatic carbocycles. The zero-order chi connectivity index (χ0) is 19.0. The number of likely N-dealkylation sites (N-methyl/N-ethyl adjacent to an activating group) is 1. The van der Waals surface area contributed by atoms with Crippen LogP contribution in [0.4, 0.5) is 0 Å². The number of nitrogens with zero attached hydrogens (tertiary/aromatic N) is 2. The Labute approximate surface area is 167 Å². The lowest BCUT2D eigenvalue weighted by atomic mass is 10.1. The van der Waals surface area contributed by atoms with Crippen molar-refractivity contribution < 1.29 is 4.79 Å². The van der Waals surface area contributed by atoms with Crippen molar-refractivity contribution in [3.8, 4) is 0 Å². The summed E-state index contributed by atoms with van der Waals surface area (Å²) >= 11 is 7.68. The molecule has 1 atom stereocenters. The summed E-state index contributed by atoms with van der Waals surface area (Å²) in [6.07, 6.45) is 2.79. The molecule has 4 rings (SSSR count). The van der Waals surface area contributed by atoms with E-state index < -0.39 is 0 Å². The van der Waals surface area contributed by atoms with Gasteiger partial charge in [0.2, 0.25) is 0 Å². The standard InChI is InChI=1S/C20H23ClN4OS/c1-3-14(19-22-15-5-4-13(21)11-16(15)23-19)24-20(26)18-10-12-6-8-25(2)9-7-17(12)27-18/h4-5,10-11,14H,3,6-9H2,1-2H3,(H,22,23)(H,24,26)/t14-/m0/s1. The lowest BCUT2D eigenvalue weighted by Gasteiger charge is -2.14. The van der Waals surface area contributed by atoms with Gasteiger partial charge in [0.05, 0.1) is 22.0 Å². The van der Waals surface area contributed by atoms with Gasteiger partial charge >= 0.3 is 0 Å². The second kappa shape index (κ2) is 7.62. The Morgan fingerprint density at radius 3 is 3.00 bits per heavy atom. The average Bonchev–Trinajstić information content (AvgIpc) is 3.21. The molecule has 0 saturated carbocycles. The van der Waals surface area contributed by atoms with Crippen molar-refractivity contribution in [2.45, 2.75) is 32.2 Å². The first kappa shape index (κ1) is 18.5. The smallest absolute Gasteiger partial charge is 0.261 e. The van der Waals surface area contributed by atoms with E-state index in [0.717, 1.165) is 54.1 Å². The van der Waals surface area contributed by atoms with Gasteiger partial charge in [-0.1, -0.05) is 18.5 Å². The van der Waals surface area contributed by atoms with Crippen LogP contribution in [0.15, 0.2) is 24.3 Å². The maximum atomic E-state index is 12.9. The van der Waals surface area contributed by atoms with E-state index in [1.807, 2.05) is 25.1 Å². The molecule has 5 nitrogen and oxygen atoms in total. The van der Waals surface area contributed by atoms with Crippen LogP contribution >= 0.6 is 22.9 Å². The monoisotopic (exact) mass is 402 g/mol. The number of halogens is 1. The zero-order valence-electron chi connectivity index (χ0n) is 15.5. The first-order chi connectivity index (χ1) is 13.0. The summed E-state index contributed by atoms with van der Waals surface area (Å²) in [4.78, 5) is 25.2. The second-order valence-electron chi connectivity index (χ2n) is 7.08. The molecular formula is C20H23ClN4OS. The van der Waals surface area contributed by atoms with Gasteiger partial charge in [-0.3, -0.25) is 4.79 Å². The van der Waals surface area contributed by atoms with Crippen molar-refractivity contribution in [2.24, 2.45) is 0 Å². The summed E-state index contributed by atoms with van der Waals surface area (Å²) in [6, 6.07) is 7.48. The zero-order valence-corrected chi connectivity index (χ0v) is 17.1. The van der Waals surface area contributed by atoms with Crippen molar-refractivity contribution in [1.29, 1.82) is 0 Å². The fraction of sp³-hybridized carbons (Fsp3) is 0.400. The van der Waals surface area contributed by atoms with Gasteiger partial charge in [0, 0.05) is 23.0 Å². The summed E-state index contributed by atoms with van der Waals surface area (Å²) in [6.45, 7) is 4.14. The third kappa shape index (κ3) is 3.88. The number of rotatable bonds is 4. The number of imidazole rings is 1. The summed E-state index contributed by atoms with van der Waals surface area (Å²) in [5.41, 5.74) is 3.06. The molecule has 0 fully saturated rings. The molecule has 142 valence electrons. The highest BCUT2D eigenvalue weighted by Gasteiger charge is 2.21. The number of aromatic nitrogens is 2. The lowest BCUT2D eigenvalue weighted by molar-refractivity contribution is 0.0938. The molecule has 3 heterocycles. The molecule has 0 aliphatic carbocycles. The summed E-state index contributed by atoms with van der Waals surface area (Å²) in [5, 5.41) is 3.81. The van der Waals surface area contributed by atoms with Gasteiger partial charge in [0.1, 0.15) is 5.82 Å². The minimum absolute atomic E-state index is 0.0215. The van der Waals surface area contributed by atoms with Crippen LogP contribution in [0.3, 0.4) is 0 Å². The number of hydrogen-bond donors (Lipinski definition) is 2. The number of aromatic amines is 1. The summed E-state index contributed by atoms with van der Waals surface area (Å²) in [7, 11) is 2.15. The van der Waals surface area contributed by atoms with Crippen LogP contribution in [0, 0.1) is 0 Å². The molecule has 0 spiro atoms. The number of nitrogens with one attached hydrogen (secondary N) is 2. The Balaban J connectivity index is 1.53. The van der Waals surface area contributed by atoms with E-state index in [9.17, 15) is 4.79 Å². The van der Waals surface area contributed by atoms with Gasteiger partial charge in [-0.2, -0.15) is 0 Å². The third-order valence-electron chi connectivity index (χ3n) is 5.11. The van der Waals surface area contributed by atoms with Gasteiger partial charge in [-0.25, -0.2) is 4.98 Å². The number of thiophene rings is 1. The van der Waals surface area contributed by atoms with Crippen LogP contribution in [0.1, 0.15) is 45.3 Å². The molecule has 0 bridgehead atoms. The third-order valence-corrected chi connectivity index (χ3v) is 6.58. The fourth-order valence-corrected chi connectivity index (χ4v) is 4.75. The van der Waals surface area contributed by atoms with E-state index >= 15 is 0 Å². The van der Waals surface area contributed by atoms with Gasteiger partial charge in [-0.05, 0) is 56.1 Å². The van der Waals surface area contributed by atoms with E-state index in [-0.39, 0.29) is 11.9 Å². The van der Waals surface area contributed by atoms with Crippen LogP contribution < -0.4 is 5.32 Å². The van der Waals surface area contributed by atoms with Crippen molar-refractivity contribution in [1.82, 2.24) is 20.2 Å². The van der Waals surface area contributed by atoms with Crippen LogP contribution in [-0.2, 0) is 12.8 Å². The van der Waals surface area contributed by atoms with E-state index in [1.165, 1.54) is 10.4 Å². The lowest BCUT2D eigenvalue weighted by Crippen LogP contribution is -2.28. The highest BCUT2D eigenvalue weighted by Crippen LogP contribution is 2.27. The van der Waals surface area contributed by atoms with Crippen molar-refractivity contribution in [2.75, 3.05) is 20.1 Å². The van der Waals surface area contributed by atoms with Crippen LogP contribution in [0.25, 0.3) is 11.0 Å². The topological polar surface area (TPSA) is 61.0 Å². The number of benzene rings is 1. The Morgan fingerprint density at radius 2 is 2.19 bits per heavy atom. The quantitative estimate of drug-likeness (QED) is 0.687. The number of H-pyrrole nitrogens is 1. The van der Waals surface area contributed by atoms with E-state index in [2.05, 4.69) is 33.3 Å². The number of carbonyl (C=O) groups is 1. The van der Waals surface area contributed by atoms with Crippen LogP contribution in [0.2, 0.25) is 5.02 Å². The largest absolute Gasteiger partial charge is 0.341 e. The van der Waals surface area contributed by atoms with Crippen LogP contribution in [-0.4, -0.2) is 40.9 Å². The number of hydrogen-bond acceptors (Lipinski definition) is 4. The van der Waals surface area contributed by atoms with Crippen molar-refractivity contribution in [3.05, 3.63) is 50.4 Å². The molecule has 0 saturated heterocycles. The molecule has 1 aliphatic heterocycles. The molecule has 0 unspecified atom stereocenters. The normalized spacial score (nSPS) is 16.1. The van der Waals surface area contributed by atoms with E-state index in [0.29, 0.717) is 5.02 Å². The number of amides is 1. The molecule has 2 aromatic heterocycles. The molecule has 1 aliphatic rings. The SMILES string of the molecule is CC[C@H](NC(=O)c1cc2c(s1)CCN(C)CC2)c1nc2ccc(Cl)cc2[nH]1. The van der Waals surface area contributed by atoms with Gasteiger partial charge in [0.15, 0.2) is 0 Å². The van der Waals surface area contributed by atoms with Gasteiger partial charge in [-0.15, -0.1) is 11.3 Å². The Bertz CT molecular complexity index is 954. The Kier molecular flexibility index (Phi) is 5.21. The molecule has 3 aromatic rings. The fourth-order valence-electron chi connectivity index (χ4n) is 3.48. The Hall–Kier alpha value is -1.89. The summed E-state index contributed by atoms with van der Waals surface area (Å²) in [5.74, 6) is 0.745. The second-order valence-corrected chi connectivity index (χ2v) is 8.65. The predicted molar refractivity (Wildman–Crippen MR) is 111 cm³/mol. The Morgan fingerprint density at radius 1 is 1.37 bits per heavy atom. The maximum Gasteiger partial charge on any atom is 0.261 e. The minimum Gasteiger partial charge on any atom is -0.341 e. The van der Waals surface area contributed by atoms with Crippen LogP contribution in [0.5, 0.6) is 0 Å². The molecule has 0 radical (unpaired) electrons.